The van der Waals surface area contributed by atoms with Gasteiger partial charge in [-0.3, -0.25) is 4.40 Å². The van der Waals surface area contributed by atoms with Crippen molar-refractivity contribution in [2.75, 3.05) is 5.73 Å². The molecule has 0 aliphatic rings. The summed E-state index contributed by atoms with van der Waals surface area (Å²) in [7, 11) is 0. The van der Waals surface area contributed by atoms with E-state index in [2.05, 4.69) is 24.0 Å². The summed E-state index contributed by atoms with van der Waals surface area (Å²) in [5.41, 5.74) is 8.47. The van der Waals surface area contributed by atoms with Crippen LogP contribution in [0.1, 0.15) is 31.2 Å². The Hall–Kier alpha value is -1.58. The van der Waals surface area contributed by atoms with Gasteiger partial charge in [0.15, 0.2) is 5.65 Å². The number of rotatable bonds is 1. The average Bonchev–Trinajstić information content (AvgIpc) is 2.47. The molecule has 14 heavy (non-hydrogen) atoms. The lowest BCUT2D eigenvalue weighted by atomic mass is 10.2. The molecule has 0 amide bonds. The van der Waals surface area contributed by atoms with Crippen molar-refractivity contribution in [2.24, 2.45) is 0 Å². The van der Waals surface area contributed by atoms with Gasteiger partial charge < -0.3 is 5.73 Å². The molecule has 0 atom stereocenters. The Morgan fingerprint density at radius 2 is 2.07 bits per heavy atom. The van der Waals surface area contributed by atoms with Gasteiger partial charge in [0.2, 0.25) is 0 Å². The van der Waals surface area contributed by atoms with E-state index in [1.807, 2.05) is 23.6 Å². The van der Waals surface area contributed by atoms with Crippen molar-refractivity contribution in [2.45, 2.75) is 26.7 Å². The van der Waals surface area contributed by atoms with E-state index in [0.29, 0.717) is 5.92 Å². The van der Waals surface area contributed by atoms with E-state index in [-0.39, 0.29) is 0 Å². The number of aromatic nitrogens is 3. The molecule has 74 valence electrons. The average molecular weight is 190 g/mol. The van der Waals surface area contributed by atoms with Gasteiger partial charge in [-0.1, -0.05) is 13.8 Å². The molecular weight excluding hydrogens is 176 g/mol. The normalized spacial score (nSPS) is 11.4. The number of nitrogens with two attached hydrogens (primary N) is 1. The maximum atomic E-state index is 5.78. The van der Waals surface area contributed by atoms with Crippen LogP contribution in [0.15, 0.2) is 12.3 Å². The molecule has 0 saturated carbocycles. The number of nitrogen functional groups attached to an aromatic ring is 1. The Kier molecular flexibility index (Phi) is 1.91. The van der Waals surface area contributed by atoms with Crippen LogP contribution in [0.25, 0.3) is 5.65 Å². The molecule has 0 fully saturated rings. The monoisotopic (exact) mass is 190 g/mol. The van der Waals surface area contributed by atoms with Crippen LogP contribution in [-0.2, 0) is 0 Å². The number of hydrogen-bond donors (Lipinski definition) is 1. The van der Waals surface area contributed by atoms with Crippen LogP contribution in [0.2, 0.25) is 0 Å². The molecule has 2 rings (SSSR count). The third-order valence-electron chi connectivity index (χ3n) is 2.25. The van der Waals surface area contributed by atoms with Crippen molar-refractivity contribution >= 4 is 11.3 Å². The number of aryl methyl sites for hydroxylation is 1. The number of pyridine rings is 1. The summed E-state index contributed by atoms with van der Waals surface area (Å²) >= 11 is 0. The summed E-state index contributed by atoms with van der Waals surface area (Å²) in [6, 6.07) is 1.91. The predicted octanol–water partition coefficient (Wildman–Crippen LogP) is 1.74. The largest absolute Gasteiger partial charge is 0.398 e. The fourth-order valence-corrected chi connectivity index (χ4v) is 1.59. The highest BCUT2D eigenvalue weighted by Crippen LogP contribution is 2.18. The summed E-state index contributed by atoms with van der Waals surface area (Å²) in [6.45, 7) is 6.18. The molecule has 2 aromatic rings. The van der Waals surface area contributed by atoms with Crippen molar-refractivity contribution in [3.63, 3.8) is 0 Å². The third kappa shape index (κ3) is 1.23. The SMILES string of the molecule is Cc1cc(N)cn2c(C(C)C)nnc12. The quantitative estimate of drug-likeness (QED) is 0.745. The van der Waals surface area contributed by atoms with Crippen LogP contribution in [0.5, 0.6) is 0 Å². The van der Waals surface area contributed by atoms with Gasteiger partial charge in [-0.05, 0) is 18.6 Å². The van der Waals surface area contributed by atoms with Gasteiger partial charge in [-0.2, -0.15) is 0 Å². The summed E-state index contributed by atoms with van der Waals surface area (Å²) < 4.78 is 1.97. The van der Waals surface area contributed by atoms with E-state index < -0.39 is 0 Å². The molecule has 0 spiro atoms. The molecule has 2 N–H and O–H groups in total. The second-order valence-corrected chi connectivity index (χ2v) is 3.86. The van der Waals surface area contributed by atoms with Crippen molar-refractivity contribution < 1.29 is 0 Å². The van der Waals surface area contributed by atoms with Gasteiger partial charge in [0.25, 0.3) is 0 Å². The Bertz CT molecular complexity index is 470. The molecule has 0 aliphatic carbocycles. The maximum Gasteiger partial charge on any atom is 0.163 e. The van der Waals surface area contributed by atoms with Crippen LogP contribution in [0.4, 0.5) is 5.69 Å². The zero-order valence-corrected chi connectivity index (χ0v) is 8.65. The maximum absolute atomic E-state index is 5.78. The Morgan fingerprint density at radius 3 is 2.71 bits per heavy atom. The zero-order valence-electron chi connectivity index (χ0n) is 8.65. The highest BCUT2D eigenvalue weighted by Gasteiger charge is 2.10. The Labute approximate surface area is 82.8 Å². The van der Waals surface area contributed by atoms with Gasteiger partial charge >= 0.3 is 0 Å². The minimum absolute atomic E-state index is 0.353. The molecule has 0 bridgehead atoms. The van der Waals surface area contributed by atoms with Crippen molar-refractivity contribution in [1.29, 1.82) is 0 Å². The highest BCUT2D eigenvalue weighted by atomic mass is 15.2. The van der Waals surface area contributed by atoms with Gasteiger partial charge in [0.1, 0.15) is 5.82 Å². The fourth-order valence-electron chi connectivity index (χ4n) is 1.59. The van der Waals surface area contributed by atoms with E-state index in [1.165, 1.54) is 0 Å². The van der Waals surface area contributed by atoms with E-state index in [9.17, 15) is 0 Å². The Morgan fingerprint density at radius 1 is 1.36 bits per heavy atom. The van der Waals surface area contributed by atoms with E-state index >= 15 is 0 Å². The van der Waals surface area contributed by atoms with E-state index in [4.69, 9.17) is 5.73 Å². The number of fused-ring (bicyclic) bond motifs is 1. The predicted molar refractivity (Wildman–Crippen MR) is 56.2 cm³/mol. The first-order chi connectivity index (χ1) is 6.59. The lowest BCUT2D eigenvalue weighted by Gasteiger charge is -2.04. The highest BCUT2D eigenvalue weighted by molar-refractivity contribution is 5.54. The third-order valence-corrected chi connectivity index (χ3v) is 2.25. The fraction of sp³-hybridized carbons (Fsp3) is 0.400. The first kappa shape index (κ1) is 8.99. The van der Waals surface area contributed by atoms with Gasteiger partial charge in [-0.15, -0.1) is 10.2 Å². The minimum atomic E-state index is 0.353. The van der Waals surface area contributed by atoms with Gasteiger partial charge in [0, 0.05) is 17.8 Å². The summed E-state index contributed by atoms with van der Waals surface area (Å²) in [5, 5.41) is 8.29. The summed E-state index contributed by atoms with van der Waals surface area (Å²) in [4.78, 5) is 0. The topological polar surface area (TPSA) is 56.2 Å². The van der Waals surface area contributed by atoms with Crippen LogP contribution in [-0.4, -0.2) is 14.6 Å². The van der Waals surface area contributed by atoms with E-state index in [0.717, 1.165) is 22.7 Å². The first-order valence-corrected chi connectivity index (χ1v) is 4.70. The lowest BCUT2D eigenvalue weighted by molar-refractivity contribution is 0.759. The minimum Gasteiger partial charge on any atom is -0.398 e. The lowest BCUT2D eigenvalue weighted by Crippen LogP contribution is -1.99. The molecular formula is C10H14N4. The number of nitrogens with zero attached hydrogens (tertiary/aromatic N) is 3. The molecule has 4 heteroatoms. The zero-order chi connectivity index (χ0) is 10.3. The van der Waals surface area contributed by atoms with Crippen LogP contribution in [0, 0.1) is 6.92 Å². The van der Waals surface area contributed by atoms with Crippen LogP contribution in [0.3, 0.4) is 0 Å². The summed E-state index contributed by atoms with van der Waals surface area (Å²) in [6.07, 6.45) is 1.87. The van der Waals surface area contributed by atoms with Crippen molar-refractivity contribution in [3.8, 4) is 0 Å². The molecule has 0 saturated heterocycles. The molecule has 2 aromatic heterocycles. The molecule has 0 unspecified atom stereocenters. The molecule has 0 radical (unpaired) electrons. The second kappa shape index (κ2) is 2.97. The number of hydrogen-bond acceptors (Lipinski definition) is 3. The number of anilines is 1. The molecule has 4 nitrogen and oxygen atoms in total. The first-order valence-electron chi connectivity index (χ1n) is 4.70. The van der Waals surface area contributed by atoms with Crippen LogP contribution < -0.4 is 5.73 Å². The van der Waals surface area contributed by atoms with Gasteiger partial charge in [-0.25, -0.2) is 0 Å². The van der Waals surface area contributed by atoms with Gasteiger partial charge in [0.05, 0.1) is 0 Å². The molecule has 0 aromatic carbocycles. The molecule has 2 heterocycles. The standard InChI is InChI=1S/C10H14N4/c1-6(2)9-12-13-10-7(3)4-8(11)5-14(9)10/h4-6H,11H2,1-3H3. The second-order valence-electron chi connectivity index (χ2n) is 3.86. The van der Waals surface area contributed by atoms with Crippen molar-refractivity contribution in [1.82, 2.24) is 14.6 Å². The van der Waals surface area contributed by atoms with Crippen molar-refractivity contribution in [3.05, 3.63) is 23.7 Å². The summed E-state index contributed by atoms with van der Waals surface area (Å²) in [5.74, 6) is 1.31. The smallest absolute Gasteiger partial charge is 0.163 e. The van der Waals surface area contributed by atoms with E-state index in [1.54, 1.807) is 0 Å². The molecule has 0 aliphatic heterocycles. The van der Waals surface area contributed by atoms with Crippen LogP contribution >= 0.6 is 0 Å². The Balaban J connectivity index is 2.78.